The van der Waals surface area contributed by atoms with E-state index in [0.29, 0.717) is 5.56 Å². The molecular formula is C15H21F3N2O. The third-order valence-corrected chi connectivity index (χ3v) is 3.06. The van der Waals surface area contributed by atoms with E-state index in [2.05, 4.69) is 5.32 Å². The Labute approximate surface area is 122 Å². The van der Waals surface area contributed by atoms with E-state index in [9.17, 15) is 18.0 Å². The molecule has 0 aliphatic heterocycles. The fourth-order valence-electron chi connectivity index (χ4n) is 2.07. The highest BCUT2D eigenvalue weighted by atomic mass is 19.4. The molecule has 3 N–H and O–H groups in total. The van der Waals surface area contributed by atoms with Crippen LogP contribution in [-0.4, -0.2) is 11.9 Å². The van der Waals surface area contributed by atoms with E-state index in [-0.39, 0.29) is 24.3 Å². The molecule has 6 heteroatoms. The molecule has 0 aliphatic carbocycles. The van der Waals surface area contributed by atoms with Crippen molar-refractivity contribution in [1.29, 1.82) is 0 Å². The summed E-state index contributed by atoms with van der Waals surface area (Å²) >= 11 is 0. The fraction of sp³-hybridized carbons (Fsp3) is 0.533. The number of nitrogens with two attached hydrogens (primary N) is 1. The predicted octanol–water partition coefficient (Wildman–Crippen LogP) is 3.26. The van der Waals surface area contributed by atoms with E-state index in [1.165, 1.54) is 6.07 Å². The van der Waals surface area contributed by atoms with Gasteiger partial charge in [-0.05, 0) is 30.5 Å². The molecule has 118 valence electrons. The van der Waals surface area contributed by atoms with E-state index in [4.69, 9.17) is 5.73 Å². The SMILES string of the molecule is CC(N)CC(=O)NC(c1cccc(C(F)(F)F)c1)C(C)C. The van der Waals surface area contributed by atoms with Crippen LogP contribution in [0.5, 0.6) is 0 Å². The van der Waals surface area contributed by atoms with Gasteiger partial charge in [-0.15, -0.1) is 0 Å². The number of halogens is 3. The van der Waals surface area contributed by atoms with Gasteiger partial charge in [0.25, 0.3) is 0 Å². The van der Waals surface area contributed by atoms with E-state index < -0.39 is 17.8 Å². The molecule has 21 heavy (non-hydrogen) atoms. The van der Waals surface area contributed by atoms with Crippen molar-refractivity contribution in [1.82, 2.24) is 5.32 Å². The molecule has 2 unspecified atom stereocenters. The van der Waals surface area contributed by atoms with Crippen molar-refractivity contribution in [2.45, 2.75) is 45.5 Å². The molecular weight excluding hydrogens is 281 g/mol. The highest BCUT2D eigenvalue weighted by molar-refractivity contribution is 5.77. The summed E-state index contributed by atoms with van der Waals surface area (Å²) in [4.78, 5) is 11.8. The summed E-state index contributed by atoms with van der Waals surface area (Å²) in [6.07, 6.45) is -4.25. The number of alkyl halides is 3. The van der Waals surface area contributed by atoms with Gasteiger partial charge in [-0.3, -0.25) is 4.79 Å². The second-order valence-electron chi connectivity index (χ2n) is 5.59. The van der Waals surface area contributed by atoms with Crippen molar-refractivity contribution in [3.63, 3.8) is 0 Å². The van der Waals surface area contributed by atoms with Crippen LogP contribution in [0.25, 0.3) is 0 Å². The molecule has 0 saturated heterocycles. The molecule has 1 amide bonds. The smallest absolute Gasteiger partial charge is 0.349 e. The summed E-state index contributed by atoms with van der Waals surface area (Å²) in [5.74, 6) is -0.299. The van der Waals surface area contributed by atoms with Gasteiger partial charge in [0.15, 0.2) is 0 Å². The lowest BCUT2D eigenvalue weighted by Crippen LogP contribution is -2.35. The maximum absolute atomic E-state index is 12.8. The minimum Gasteiger partial charge on any atom is -0.349 e. The van der Waals surface area contributed by atoms with Gasteiger partial charge >= 0.3 is 6.18 Å². The Kier molecular flexibility index (Phi) is 5.78. The first-order valence-electron chi connectivity index (χ1n) is 6.83. The molecule has 0 bridgehead atoms. The van der Waals surface area contributed by atoms with Crippen molar-refractivity contribution in [3.8, 4) is 0 Å². The molecule has 1 aromatic carbocycles. The van der Waals surface area contributed by atoms with Crippen LogP contribution in [0.4, 0.5) is 13.2 Å². The highest BCUT2D eigenvalue weighted by Gasteiger charge is 2.31. The summed E-state index contributed by atoms with van der Waals surface area (Å²) in [7, 11) is 0. The Balaban J connectivity index is 2.99. The Hall–Kier alpha value is -1.56. The lowest BCUT2D eigenvalue weighted by molar-refractivity contribution is -0.137. The third-order valence-electron chi connectivity index (χ3n) is 3.06. The number of carbonyl (C=O) groups is 1. The highest BCUT2D eigenvalue weighted by Crippen LogP contribution is 2.32. The number of hydrogen-bond donors (Lipinski definition) is 2. The van der Waals surface area contributed by atoms with E-state index in [1.54, 1.807) is 13.0 Å². The number of hydrogen-bond acceptors (Lipinski definition) is 2. The molecule has 0 fully saturated rings. The van der Waals surface area contributed by atoms with Crippen molar-refractivity contribution in [3.05, 3.63) is 35.4 Å². The number of nitrogens with one attached hydrogen (secondary N) is 1. The normalized spacial score (nSPS) is 14.9. The Morgan fingerprint density at radius 1 is 1.29 bits per heavy atom. The van der Waals surface area contributed by atoms with Gasteiger partial charge < -0.3 is 11.1 Å². The molecule has 0 radical (unpaired) electrons. The van der Waals surface area contributed by atoms with Crippen molar-refractivity contribution < 1.29 is 18.0 Å². The lowest BCUT2D eigenvalue weighted by atomic mass is 9.94. The summed E-state index contributed by atoms with van der Waals surface area (Å²) in [5.41, 5.74) is 5.28. The number of amides is 1. The Morgan fingerprint density at radius 2 is 1.90 bits per heavy atom. The average Bonchev–Trinajstić information content (AvgIpc) is 2.34. The lowest BCUT2D eigenvalue weighted by Gasteiger charge is -2.24. The number of carbonyl (C=O) groups excluding carboxylic acids is 1. The summed E-state index contributed by atoms with van der Waals surface area (Å²) < 4.78 is 38.3. The Morgan fingerprint density at radius 3 is 2.38 bits per heavy atom. The van der Waals surface area contributed by atoms with Crippen LogP contribution in [0.2, 0.25) is 0 Å². The van der Waals surface area contributed by atoms with Crippen LogP contribution in [0.1, 0.15) is 44.4 Å². The quantitative estimate of drug-likeness (QED) is 0.877. The van der Waals surface area contributed by atoms with Crippen molar-refractivity contribution in [2.75, 3.05) is 0 Å². The monoisotopic (exact) mass is 302 g/mol. The molecule has 0 aliphatic rings. The largest absolute Gasteiger partial charge is 0.416 e. The van der Waals surface area contributed by atoms with Gasteiger partial charge in [-0.1, -0.05) is 26.0 Å². The van der Waals surface area contributed by atoms with Crippen LogP contribution in [0, 0.1) is 5.92 Å². The van der Waals surface area contributed by atoms with E-state index in [1.807, 2.05) is 13.8 Å². The summed E-state index contributed by atoms with van der Waals surface area (Å²) in [6, 6.07) is 4.27. The van der Waals surface area contributed by atoms with Gasteiger partial charge in [0.05, 0.1) is 11.6 Å². The fourth-order valence-corrected chi connectivity index (χ4v) is 2.07. The van der Waals surface area contributed by atoms with Crippen LogP contribution >= 0.6 is 0 Å². The molecule has 2 atom stereocenters. The number of benzene rings is 1. The zero-order chi connectivity index (χ0) is 16.2. The van der Waals surface area contributed by atoms with Gasteiger partial charge in [0.2, 0.25) is 5.91 Å². The summed E-state index contributed by atoms with van der Waals surface area (Å²) in [6.45, 7) is 5.39. The average molecular weight is 302 g/mol. The molecule has 3 nitrogen and oxygen atoms in total. The van der Waals surface area contributed by atoms with Gasteiger partial charge in [0, 0.05) is 12.5 Å². The number of rotatable bonds is 5. The second-order valence-corrected chi connectivity index (χ2v) is 5.59. The van der Waals surface area contributed by atoms with Gasteiger partial charge in [-0.25, -0.2) is 0 Å². The van der Waals surface area contributed by atoms with Crippen LogP contribution in [0.15, 0.2) is 24.3 Å². The Bertz CT molecular complexity index is 484. The first-order chi connectivity index (χ1) is 9.61. The van der Waals surface area contributed by atoms with E-state index >= 15 is 0 Å². The molecule has 0 heterocycles. The minimum absolute atomic E-state index is 0.0366. The standard InChI is InChI=1S/C15H21F3N2O/c1-9(2)14(20-13(21)7-10(3)19)11-5-4-6-12(8-11)15(16,17)18/h4-6,8-10,14H,7,19H2,1-3H3,(H,20,21). The first-order valence-corrected chi connectivity index (χ1v) is 6.83. The molecule has 0 saturated carbocycles. The second kappa shape index (κ2) is 6.93. The van der Waals surface area contributed by atoms with Crippen LogP contribution < -0.4 is 11.1 Å². The molecule has 0 aromatic heterocycles. The summed E-state index contributed by atoms with van der Waals surface area (Å²) in [5, 5.41) is 2.76. The molecule has 1 aromatic rings. The van der Waals surface area contributed by atoms with Gasteiger partial charge in [-0.2, -0.15) is 13.2 Å². The molecule has 1 rings (SSSR count). The maximum Gasteiger partial charge on any atom is 0.416 e. The van der Waals surface area contributed by atoms with Crippen LogP contribution in [0.3, 0.4) is 0 Å². The first kappa shape index (κ1) is 17.5. The van der Waals surface area contributed by atoms with Crippen molar-refractivity contribution >= 4 is 5.91 Å². The zero-order valence-electron chi connectivity index (χ0n) is 12.4. The van der Waals surface area contributed by atoms with E-state index in [0.717, 1.165) is 12.1 Å². The predicted molar refractivity (Wildman–Crippen MR) is 75.4 cm³/mol. The third kappa shape index (κ3) is 5.38. The van der Waals surface area contributed by atoms with Crippen LogP contribution in [-0.2, 0) is 11.0 Å². The zero-order valence-corrected chi connectivity index (χ0v) is 12.4. The molecule has 0 spiro atoms. The van der Waals surface area contributed by atoms with Gasteiger partial charge in [0.1, 0.15) is 0 Å². The minimum atomic E-state index is -4.40. The topological polar surface area (TPSA) is 55.1 Å². The maximum atomic E-state index is 12.8. The van der Waals surface area contributed by atoms with Crippen molar-refractivity contribution in [2.24, 2.45) is 11.7 Å².